The molecular formula is C21H21ClN2O2. The van der Waals surface area contributed by atoms with E-state index in [1.165, 1.54) is 5.56 Å². The van der Waals surface area contributed by atoms with Crippen molar-refractivity contribution in [3.8, 4) is 0 Å². The van der Waals surface area contributed by atoms with Gasteiger partial charge in [-0.15, -0.1) is 0 Å². The molecule has 1 fully saturated rings. The number of carbonyl (C=O) groups excluding carboxylic acids is 2. The van der Waals surface area contributed by atoms with Crippen molar-refractivity contribution in [1.82, 2.24) is 0 Å². The van der Waals surface area contributed by atoms with Crippen molar-refractivity contribution >= 4 is 34.8 Å². The standard InChI is InChI=1S/C21H21ClN2O2/c22-18-4-2-1-3-14(18)8-10-20(25)23-17-9-7-15-11-12-24(19(15)13-17)21(26)16-5-6-16/h1-4,7,9,13,16H,5-6,8,10-12H2,(H,23,25). The predicted molar refractivity (Wildman–Crippen MR) is 104 cm³/mol. The van der Waals surface area contributed by atoms with Crippen LogP contribution in [-0.4, -0.2) is 18.4 Å². The maximum atomic E-state index is 12.4. The first-order valence-corrected chi connectivity index (χ1v) is 9.47. The van der Waals surface area contributed by atoms with E-state index >= 15 is 0 Å². The first-order valence-electron chi connectivity index (χ1n) is 9.09. The van der Waals surface area contributed by atoms with Crippen LogP contribution >= 0.6 is 11.6 Å². The minimum atomic E-state index is -0.0528. The van der Waals surface area contributed by atoms with Gasteiger partial charge in [-0.3, -0.25) is 9.59 Å². The van der Waals surface area contributed by atoms with E-state index in [0.717, 1.165) is 42.7 Å². The second-order valence-corrected chi connectivity index (χ2v) is 7.40. The molecule has 0 bridgehead atoms. The number of hydrogen-bond acceptors (Lipinski definition) is 2. The molecule has 2 aromatic rings. The van der Waals surface area contributed by atoms with Gasteiger partial charge in [0.2, 0.25) is 11.8 Å². The van der Waals surface area contributed by atoms with Gasteiger partial charge in [-0.1, -0.05) is 35.9 Å². The van der Waals surface area contributed by atoms with Crippen LogP contribution < -0.4 is 10.2 Å². The van der Waals surface area contributed by atoms with Crippen LogP contribution in [0.2, 0.25) is 5.02 Å². The highest BCUT2D eigenvalue weighted by atomic mass is 35.5. The Bertz CT molecular complexity index is 861. The van der Waals surface area contributed by atoms with Gasteiger partial charge < -0.3 is 10.2 Å². The van der Waals surface area contributed by atoms with Crippen LogP contribution in [0.4, 0.5) is 11.4 Å². The Hall–Kier alpha value is -2.33. The largest absolute Gasteiger partial charge is 0.326 e. The minimum Gasteiger partial charge on any atom is -0.326 e. The van der Waals surface area contributed by atoms with Crippen LogP contribution in [0.25, 0.3) is 0 Å². The van der Waals surface area contributed by atoms with Crippen molar-refractivity contribution in [2.45, 2.75) is 32.1 Å². The summed E-state index contributed by atoms with van der Waals surface area (Å²) in [6.07, 6.45) is 3.86. The summed E-state index contributed by atoms with van der Waals surface area (Å²) in [6.45, 7) is 0.745. The Morgan fingerprint density at radius 3 is 2.73 bits per heavy atom. The molecule has 26 heavy (non-hydrogen) atoms. The number of fused-ring (bicyclic) bond motifs is 1. The summed E-state index contributed by atoms with van der Waals surface area (Å²) < 4.78 is 0. The summed E-state index contributed by atoms with van der Waals surface area (Å²) in [5.74, 6) is 0.378. The molecule has 1 N–H and O–H groups in total. The zero-order valence-electron chi connectivity index (χ0n) is 14.5. The van der Waals surface area contributed by atoms with Gasteiger partial charge in [0, 0.05) is 35.3 Å². The van der Waals surface area contributed by atoms with Gasteiger partial charge in [0.05, 0.1) is 0 Å². The summed E-state index contributed by atoms with van der Waals surface area (Å²) >= 11 is 6.14. The molecule has 0 atom stereocenters. The minimum absolute atomic E-state index is 0.0528. The Balaban J connectivity index is 1.41. The highest BCUT2D eigenvalue weighted by molar-refractivity contribution is 6.31. The molecule has 5 heteroatoms. The lowest BCUT2D eigenvalue weighted by Crippen LogP contribution is -2.30. The fourth-order valence-corrected chi connectivity index (χ4v) is 3.64. The molecule has 1 aliphatic carbocycles. The van der Waals surface area contributed by atoms with Crippen molar-refractivity contribution < 1.29 is 9.59 Å². The van der Waals surface area contributed by atoms with E-state index in [2.05, 4.69) is 5.32 Å². The molecule has 0 spiro atoms. The molecule has 2 aliphatic rings. The van der Waals surface area contributed by atoms with E-state index in [1.54, 1.807) is 0 Å². The van der Waals surface area contributed by atoms with Gasteiger partial charge in [0.25, 0.3) is 0 Å². The molecule has 1 aliphatic heterocycles. The van der Waals surface area contributed by atoms with Crippen LogP contribution in [-0.2, 0) is 22.4 Å². The number of amides is 2. The summed E-state index contributed by atoms with van der Waals surface area (Å²) in [5, 5.41) is 3.63. The second-order valence-electron chi connectivity index (χ2n) is 7.00. The Kier molecular flexibility index (Phi) is 4.68. The Morgan fingerprint density at radius 1 is 1.15 bits per heavy atom. The highest BCUT2D eigenvalue weighted by Gasteiger charge is 2.36. The molecule has 0 aromatic heterocycles. The van der Waals surface area contributed by atoms with E-state index in [1.807, 2.05) is 47.4 Å². The van der Waals surface area contributed by atoms with E-state index in [9.17, 15) is 9.59 Å². The number of hydrogen-bond donors (Lipinski definition) is 1. The van der Waals surface area contributed by atoms with Crippen LogP contribution in [0.15, 0.2) is 42.5 Å². The lowest BCUT2D eigenvalue weighted by atomic mass is 10.1. The SMILES string of the molecule is O=C(CCc1ccccc1Cl)Nc1ccc2c(c1)N(C(=O)C1CC1)CC2. The molecule has 4 nitrogen and oxygen atoms in total. The Morgan fingerprint density at radius 2 is 1.96 bits per heavy atom. The van der Waals surface area contributed by atoms with Gasteiger partial charge in [-0.25, -0.2) is 0 Å². The Labute approximate surface area is 158 Å². The number of anilines is 2. The normalized spacial score (nSPS) is 15.7. The number of carbonyl (C=O) groups is 2. The maximum Gasteiger partial charge on any atom is 0.230 e. The van der Waals surface area contributed by atoms with Crippen molar-refractivity contribution in [3.05, 3.63) is 58.6 Å². The topological polar surface area (TPSA) is 49.4 Å². The molecule has 1 heterocycles. The molecule has 4 rings (SSSR count). The van der Waals surface area contributed by atoms with Crippen LogP contribution in [0.1, 0.15) is 30.4 Å². The maximum absolute atomic E-state index is 12.4. The molecular weight excluding hydrogens is 348 g/mol. The van der Waals surface area contributed by atoms with E-state index < -0.39 is 0 Å². The van der Waals surface area contributed by atoms with E-state index in [-0.39, 0.29) is 17.7 Å². The van der Waals surface area contributed by atoms with Crippen molar-refractivity contribution in [2.75, 3.05) is 16.8 Å². The summed E-state index contributed by atoms with van der Waals surface area (Å²) in [5.41, 5.74) is 3.83. The van der Waals surface area contributed by atoms with E-state index in [4.69, 9.17) is 11.6 Å². The number of benzene rings is 2. The van der Waals surface area contributed by atoms with Crippen LogP contribution in [0, 0.1) is 5.92 Å². The number of nitrogens with one attached hydrogen (secondary N) is 1. The summed E-state index contributed by atoms with van der Waals surface area (Å²) in [6, 6.07) is 13.4. The van der Waals surface area contributed by atoms with Crippen molar-refractivity contribution in [3.63, 3.8) is 0 Å². The first kappa shape index (κ1) is 17.1. The summed E-state index contributed by atoms with van der Waals surface area (Å²) in [4.78, 5) is 26.6. The molecule has 134 valence electrons. The van der Waals surface area contributed by atoms with Gasteiger partial charge in [0.15, 0.2) is 0 Å². The first-order chi connectivity index (χ1) is 12.6. The second kappa shape index (κ2) is 7.12. The average Bonchev–Trinajstić information content (AvgIpc) is 3.40. The third-order valence-corrected chi connectivity index (χ3v) is 5.41. The molecule has 0 saturated heterocycles. The third kappa shape index (κ3) is 3.61. The fourth-order valence-electron chi connectivity index (χ4n) is 3.41. The number of rotatable bonds is 5. The molecule has 2 amide bonds. The van der Waals surface area contributed by atoms with Gasteiger partial charge >= 0.3 is 0 Å². The fraction of sp³-hybridized carbons (Fsp3) is 0.333. The smallest absolute Gasteiger partial charge is 0.230 e. The number of nitrogens with zero attached hydrogens (tertiary/aromatic N) is 1. The lowest BCUT2D eigenvalue weighted by Gasteiger charge is -2.18. The van der Waals surface area contributed by atoms with E-state index in [0.29, 0.717) is 17.9 Å². The van der Waals surface area contributed by atoms with Gasteiger partial charge in [0.1, 0.15) is 0 Å². The quantitative estimate of drug-likeness (QED) is 0.859. The molecule has 2 aromatic carbocycles. The van der Waals surface area contributed by atoms with Crippen LogP contribution in [0.3, 0.4) is 0 Å². The molecule has 0 radical (unpaired) electrons. The highest BCUT2D eigenvalue weighted by Crippen LogP contribution is 2.37. The van der Waals surface area contributed by atoms with Gasteiger partial charge in [-0.2, -0.15) is 0 Å². The molecule has 0 unspecified atom stereocenters. The van der Waals surface area contributed by atoms with Gasteiger partial charge in [-0.05, 0) is 55.0 Å². The number of aryl methyl sites for hydroxylation is 1. The lowest BCUT2D eigenvalue weighted by molar-refractivity contribution is -0.119. The third-order valence-electron chi connectivity index (χ3n) is 5.04. The summed E-state index contributed by atoms with van der Waals surface area (Å²) in [7, 11) is 0. The van der Waals surface area contributed by atoms with Crippen LogP contribution in [0.5, 0.6) is 0 Å². The van der Waals surface area contributed by atoms with Crippen molar-refractivity contribution in [2.24, 2.45) is 5.92 Å². The zero-order chi connectivity index (χ0) is 18.1. The predicted octanol–water partition coefficient (Wildman–Crippen LogP) is 4.21. The average molecular weight is 369 g/mol. The monoisotopic (exact) mass is 368 g/mol. The van der Waals surface area contributed by atoms with Crippen molar-refractivity contribution in [1.29, 1.82) is 0 Å². The zero-order valence-corrected chi connectivity index (χ0v) is 15.3. The molecule has 1 saturated carbocycles. The number of halogens is 1.